The number of carbonyl (C=O) groups excluding carboxylic acids is 2. The fraction of sp³-hybridized carbons (Fsp3) is 0.400. The number of hydrogen-bond donors (Lipinski definition) is 1. The Kier molecular flexibility index (Phi) is 5.33. The molecule has 0 bridgehead atoms. The monoisotopic (exact) mass is 416 g/mol. The highest BCUT2D eigenvalue weighted by atomic mass is 32.2. The summed E-state index contributed by atoms with van der Waals surface area (Å²) in [4.78, 5) is 27.7. The van der Waals surface area contributed by atoms with Gasteiger partial charge in [0.2, 0.25) is 5.91 Å². The summed E-state index contributed by atoms with van der Waals surface area (Å²) in [5, 5.41) is 4.63. The fourth-order valence-electron chi connectivity index (χ4n) is 2.66. The lowest BCUT2D eigenvalue weighted by molar-refractivity contribution is -0.132. The summed E-state index contributed by atoms with van der Waals surface area (Å²) in [7, 11) is -3.08. The van der Waals surface area contributed by atoms with Crippen LogP contribution in [-0.4, -0.2) is 53.0 Å². The topological polar surface area (TPSA) is 83.6 Å². The molecule has 6 nitrogen and oxygen atoms in total. The van der Waals surface area contributed by atoms with Gasteiger partial charge in [-0.1, -0.05) is 30.0 Å². The minimum Gasteiger partial charge on any atom is -0.351 e. The van der Waals surface area contributed by atoms with Gasteiger partial charge in [-0.25, -0.2) is 8.42 Å². The first-order chi connectivity index (χ1) is 11.8. The van der Waals surface area contributed by atoms with E-state index >= 15 is 0 Å². The highest BCUT2D eigenvalue weighted by molar-refractivity contribution is 8.26. The van der Waals surface area contributed by atoms with Crippen molar-refractivity contribution in [2.24, 2.45) is 0 Å². The summed E-state index contributed by atoms with van der Waals surface area (Å²) in [6.07, 6.45) is 2.16. The molecule has 1 aromatic rings. The van der Waals surface area contributed by atoms with Gasteiger partial charge in [-0.05, 0) is 30.9 Å². The average molecular weight is 417 g/mol. The molecular formula is C15H16N2O4S4. The SMILES string of the molecule is CC(C(=O)NC1CCS(=O)(=O)C1)N1C(=O)C(=Cc2cccs2)SC1=S. The molecule has 2 fully saturated rings. The normalized spacial score (nSPS) is 25.6. The molecule has 1 N–H and O–H groups in total. The van der Waals surface area contributed by atoms with Gasteiger partial charge in [0.05, 0.1) is 16.4 Å². The quantitative estimate of drug-likeness (QED) is 0.593. The van der Waals surface area contributed by atoms with Gasteiger partial charge >= 0.3 is 0 Å². The van der Waals surface area contributed by atoms with Gasteiger partial charge in [0, 0.05) is 10.9 Å². The Bertz CT molecular complexity index is 845. The van der Waals surface area contributed by atoms with Crippen molar-refractivity contribution >= 4 is 67.4 Å². The third-order valence-corrected chi connectivity index (χ3v) is 7.90. The first-order valence-corrected chi connectivity index (χ1v) is 11.5. The van der Waals surface area contributed by atoms with Crippen LogP contribution in [-0.2, 0) is 19.4 Å². The lowest BCUT2D eigenvalue weighted by Gasteiger charge is -2.23. The van der Waals surface area contributed by atoms with E-state index in [1.54, 1.807) is 13.0 Å². The van der Waals surface area contributed by atoms with Crippen molar-refractivity contribution in [1.29, 1.82) is 0 Å². The Balaban J connectivity index is 1.69. The summed E-state index contributed by atoms with van der Waals surface area (Å²) in [5.74, 6) is -0.667. The van der Waals surface area contributed by atoms with E-state index in [2.05, 4.69) is 5.32 Å². The van der Waals surface area contributed by atoms with Crippen LogP contribution in [0.5, 0.6) is 0 Å². The molecule has 0 radical (unpaired) electrons. The third kappa shape index (κ3) is 4.13. The molecule has 10 heteroatoms. The van der Waals surface area contributed by atoms with E-state index in [4.69, 9.17) is 12.2 Å². The van der Waals surface area contributed by atoms with Crippen LogP contribution in [0.2, 0.25) is 0 Å². The molecule has 2 atom stereocenters. The van der Waals surface area contributed by atoms with Gasteiger partial charge in [-0.3, -0.25) is 14.5 Å². The molecule has 2 saturated heterocycles. The van der Waals surface area contributed by atoms with Gasteiger partial charge in [0.25, 0.3) is 5.91 Å². The molecule has 2 aliphatic rings. The second kappa shape index (κ2) is 7.18. The molecule has 2 unspecified atom stereocenters. The maximum Gasteiger partial charge on any atom is 0.266 e. The van der Waals surface area contributed by atoms with Crippen molar-refractivity contribution in [3.63, 3.8) is 0 Å². The Labute approximate surface area is 159 Å². The summed E-state index contributed by atoms with van der Waals surface area (Å²) in [5.41, 5.74) is 0. The number of thiocarbonyl (C=S) groups is 1. The molecule has 134 valence electrons. The number of carbonyl (C=O) groups is 2. The number of sulfone groups is 1. The van der Waals surface area contributed by atoms with E-state index in [1.807, 2.05) is 17.5 Å². The minimum atomic E-state index is -3.08. The van der Waals surface area contributed by atoms with Gasteiger partial charge < -0.3 is 5.32 Å². The van der Waals surface area contributed by atoms with E-state index in [9.17, 15) is 18.0 Å². The number of rotatable bonds is 4. The van der Waals surface area contributed by atoms with Crippen molar-refractivity contribution in [2.45, 2.75) is 25.4 Å². The zero-order valence-electron chi connectivity index (χ0n) is 13.3. The third-order valence-electron chi connectivity index (χ3n) is 3.99. The number of thioether (sulfide) groups is 1. The molecule has 0 saturated carbocycles. The summed E-state index contributed by atoms with van der Waals surface area (Å²) >= 11 is 7.94. The van der Waals surface area contributed by atoms with Gasteiger partial charge in [0.15, 0.2) is 9.84 Å². The smallest absolute Gasteiger partial charge is 0.266 e. The second-order valence-electron chi connectivity index (χ2n) is 5.85. The van der Waals surface area contributed by atoms with Gasteiger partial charge in [0.1, 0.15) is 10.4 Å². The van der Waals surface area contributed by atoms with Crippen molar-refractivity contribution < 1.29 is 18.0 Å². The van der Waals surface area contributed by atoms with Crippen molar-refractivity contribution in [2.75, 3.05) is 11.5 Å². The van der Waals surface area contributed by atoms with Crippen LogP contribution < -0.4 is 5.32 Å². The maximum absolute atomic E-state index is 12.6. The van der Waals surface area contributed by atoms with E-state index < -0.39 is 27.8 Å². The highest BCUT2D eigenvalue weighted by Gasteiger charge is 2.39. The molecule has 0 aromatic carbocycles. The van der Waals surface area contributed by atoms with E-state index in [-0.39, 0.29) is 17.4 Å². The van der Waals surface area contributed by atoms with Crippen molar-refractivity contribution in [3.8, 4) is 0 Å². The molecular weight excluding hydrogens is 400 g/mol. The lowest BCUT2D eigenvalue weighted by Crippen LogP contribution is -2.50. The number of thiophene rings is 1. The Morgan fingerprint density at radius 3 is 2.88 bits per heavy atom. The summed E-state index contributed by atoms with van der Waals surface area (Å²) in [6, 6.07) is 2.60. The van der Waals surface area contributed by atoms with Gasteiger partial charge in [-0.2, -0.15) is 0 Å². The van der Waals surface area contributed by atoms with Crippen LogP contribution in [0.1, 0.15) is 18.2 Å². The summed E-state index contributed by atoms with van der Waals surface area (Å²) in [6.45, 7) is 1.59. The van der Waals surface area contributed by atoms with Crippen LogP contribution in [0, 0.1) is 0 Å². The van der Waals surface area contributed by atoms with Crippen LogP contribution >= 0.6 is 35.3 Å². The highest BCUT2D eigenvalue weighted by Crippen LogP contribution is 2.34. The van der Waals surface area contributed by atoms with Crippen LogP contribution in [0.3, 0.4) is 0 Å². The minimum absolute atomic E-state index is 0.0534. The molecule has 0 spiro atoms. The molecule has 2 aliphatic heterocycles. The average Bonchev–Trinajstić information content (AvgIpc) is 3.21. The predicted molar refractivity (Wildman–Crippen MR) is 104 cm³/mol. The molecule has 3 heterocycles. The Morgan fingerprint density at radius 2 is 2.28 bits per heavy atom. The van der Waals surface area contributed by atoms with Crippen molar-refractivity contribution in [1.82, 2.24) is 10.2 Å². The zero-order chi connectivity index (χ0) is 18.2. The standard InChI is InChI=1S/C15H16N2O4S4/c1-9(13(18)16-10-4-6-25(20,21)8-10)17-14(19)12(24-15(17)22)7-11-3-2-5-23-11/h2-3,5,7,9-10H,4,6,8H2,1H3,(H,16,18). The molecule has 0 aliphatic carbocycles. The molecule has 3 rings (SSSR count). The Hall–Kier alpha value is -1.23. The first-order valence-electron chi connectivity index (χ1n) is 7.58. The number of nitrogens with one attached hydrogen (secondary N) is 1. The fourth-order valence-corrected chi connectivity index (χ4v) is 6.48. The number of nitrogens with zero attached hydrogens (tertiary/aromatic N) is 1. The van der Waals surface area contributed by atoms with E-state index in [0.29, 0.717) is 15.6 Å². The maximum atomic E-state index is 12.6. The number of hydrogen-bond acceptors (Lipinski definition) is 7. The van der Waals surface area contributed by atoms with Gasteiger partial charge in [-0.15, -0.1) is 11.3 Å². The predicted octanol–water partition coefficient (Wildman–Crippen LogP) is 1.64. The first kappa shape index (κ1) is 18.6. The van der Waals surface area contributed by atoms with Crippen LogP contribution in [0.15, 0.2) is 22.4 Å². The van der Waals surface area contributed by atoms with E-state index in [0.717, 1.165) is 4.88 Å². The number of amides is 2. The zero-order valence-corrected chi connectivity index (χ0v) is 16.6. The van der Waals surface area contributed by atoms with Crippen LogP contribution in [0.25, 0.3) is 6.08 Å². The van der Waals surface area contributed by atoms with Crippen LogP contribution in [0.4, 0.5) is 0 Å². The van der Waals surface area contributed by atoms with E-state index in [1.165, 1.54) is 28.0 Å². The lowest BCUT2D eigenvalue weighted by atomic mass is 10.2. The molecule has 2 amide bonds. The Morgan fingerprint density at radius 1 is 1.52 bits per heavy atom. The van der Waals surface area contributed by atoms with Crippen molar-refractivity contribution in [3.05, 3.63) is 27.3 Å². The molecule has 1 aromatic heterocycles. The summed E-state index contributed by atoms with van der Waals surface area (Å²) < 4.78 is 23.3. The molecule has 25 heavy (non-hydrogen) atoms. The second-order valence-corrected chi connectivity index (χ2v) is 10.7. The largest absolute Gasteiger partial charge is 0.351 e.